The number of ether oxygens (including phenoxy) is 2. The van der Waals surface area contributed by atoms with E-state index in [4.69, 9.17) is 14.6 Å². The van der Waals surface area contributed by atoms with Crippen molar-refractivity contribution in [1.29, 1.82) is 0 Å². The number of carboxylic acid groups (broad SMARTS) is 1. The van der Waals surface area contributed by atoms with Crippen LogP contribution >= 0.6 is 15.9 Å². The third-order valence-corrected chi connectivity index (χ3v) is 3.75. The highest BCUT2D eigenvalue weighted by molar-refractivity contribution is 9.10. The molecule has 0 aliphatic heterocycles. The number of halogens is 1. The molecule has 0 heterocycles. The molecule has 0 saturated heterocycles. The summed E-state index contributed by atoms with van der Waals surface area (Å²) >= 11 is 3.34. The lowest BCUT2D eigenvalue weighted by molar-refractivity contribution is -0.139. The SMILES string of the molecule is COc1cc(/C=N/NC(=O)Cc2ccc(Br)cc2)ccc1OCC(=O)O. The summed E-state index contributed by atoms with van der Waals surface area (Å²) in [5.41, 5.74) is 3.99. The molecule has 2 rings (SSSR count). The molecular weight excluding hydrogens is 404 g/mol. The molecule has 0 bridgehead atoms. The van der Waals surface area contributed by atoms with Crippen molar-refractivity contribution in [3.8, 4) is 11.5 Å². The quantitative estimate of drug-likeness (QED) is 0.505. The first-order valence-corrected chi connectivity index (χ1v) is 8.36. The van der Waals surface area contributed by atoms with Crippen molar-refractivity contribution in [2.75, 3.05) is 13.7 Å². The zero-order chi connectivity index (χ0) is 18.9. The van der Waals surface area contributed by atoms with Gasteiger partial charge < -0.3 is 14.6 Å². The number of aliphatic carboxylic acids is 1. The minimum Gasteiger partial charge on any atom is -0.493 e. The first-order valence-electron chi connectivity index (χ1n) is 7.57. The molecule has 0 aliphatic carbocycles. The number of carbonyl (C=O) groups excluding carboxylic acids is 1. The van der Waals surface area contributed by atoms with Crippen molar-refractivity contribution in [3.05, 3.63) is 58.1 Å². The van der Waals surface area contributed by atoms with Gasteiger partial charge in [0.1, 0.15) is 0 Å². The molecular formula is C18H17BrN2O5. The van der Waals surface area contributed by atoms with E-state index in [1.54, 1.807) is 18.2 Å². The maximum absolute atomic E-state index is 11.9. The number of carboxylic acids is 1. The molecule has 0 fully saturated rings. The summed E-state index contributed by atoms with van der Waals surface area (Å²) in [5, 5.41) is 12.6. The maximum Gasteiger partial charge on any atom is 0.341 e. The fourth-order valence-corrected chi connectivity index (χ4v) is 2.29. The Morgan fingerprint density at radius 1 is 1.19 bits per heavy atom. The van der Waals surface area contributed by atoms with E-state index < -0.39 is 12.6 Å². The van der Waals surface area contributed by atoms with Gasteiger partial charge >= 0.3 is 5.97 Å². The van der Waals surface area contributed by atoms with Crippen LogP contribution in [-0.2, 0) is 16.0 Å². The molecule has 136 valence electrons. The summed E-state index contributed by atoms with van der Waals surface area (Å²) in [5.74, 6) is -0.633. The lowest BCUT2D eigenvalue weighted by Gasteiger charge is -2.09. The lowest BCUT2D eigenvalue weighted by atomic mass is 10.1. The molecule has 26 heavy (non-hydrogen) atoms. The first-order chi connectivity index (χ1) is 12.5. The minimum atomic E-state index is -1.08. The number of hydrazone groups is 1. The van der Waals surface area contributed by atoms with E-state index in [1.807, 2.05) is 24.3 Å². The second-order valence-electron chi connectivity index (χ2n) is 5.19. The average Bonchev–Trinajstić information content (AvgIpc) is 2.62. The van der Waals surface area contributed by atoms with Gasteiger partial charge in [-0.3, -0.25) is 4.79 Å². The number of amides is 1. The molecule has 2 aromatic rings. The number of carbonyl (C=O) groups is 2. The molecule has 0 atom stereocenters. The van der Waals surface area contributed by atoms with Crippen LogP contribution in [-0.4, -0.2) is 36.9 Å². The van der Waals surface area contributed by atoms with E-state index in [0.717, 1.165) is 10.0 Å². The van der Waals surface area contributed by atoms with Crippen LogP contribution in [0.3, 0.4) is 0 Å². The number of nitrogens with one attached hydrogen (secondary N) is 1. The Morgan fingerprint density at radius 3 is 2.58 bits per heavy atom. The predicted molar refractivity (Wildman–Crippen MR) is 99.7 cm³/mol. The molecule has 0 unspecified atom stereocenters. The van der Waals surface area contributed by atoms with Gasteiger partial charge in [-0.25, -0.2) is 10.2 Å². The number of hydrogen-bond acceptors (Lipinski definition) is 5. The van der Waals surface area contributed by atoms with Gasteiger partial charge in [0.25, 0.3) is 0 Å². The third-order valence-electron chi connectivity index (χ3n) is 3.22. The van der Waals surface area contributed by atoms with E-state index >= 15 is 0 Å². The number of methoxy groups -OCH3 is 1. The predicted octanol–water partition coefficient (Wildman–Crippen LogP) is 2.61. The molecule has 0 aromatic heterocycles. The molecule has 0 saturated carbocycles. The molecule has 2 N–H and O–H groups in total. The van der Waals surface area contributed by atoms with Gasteiger partial charge in [-0.1, -0.05) is 28.1 Å². The zero-order valence-corrected chi connectivity index (χ0v) is 15.5. The third kappa shape index (κ3) is 6.21. The largest absolute Gasteiger partial charge is 0.493 e. The van der Waals surface area contributed by atoms with Crippen LogP contribution in [0.4, 0.5) is 0 Å². The first kappa shape index (κ1) is 19.5. The van der Waals surface area contributed by atoms with E-state index in [1.165, 1.54) is 13.3 Å². The van der Waals surface area contributed by atoms with E-state index in [2.05, 4.69) is 26.5 Å². The summed E-state index contributed by atoms with van der Waals surface area (Å²) in [6.07, 6.45) is 1.68. The van der Waals surface area contributed by atoms with Crippen molar-refractivity contribution in [1.82, 2.24) is 5.43 Å². The highest BCUT2D eigenvalue weighted by atomic mass is 79.9. The van der Waals surface area contributed by atoms with Crippen molar-refractivity contribution in [2.24, 2.45) is 5.10 Å². The molecule has 8 heteroatoms. The maximum atomic E-state index is 11.9. The highest BCUT2D eigenvalue weighted by Gasteiger charge is 2.07. The average molecular weight is 421 g/mol. The number of hydrogen-bond donors (Lipinski definition) is 2. The Morgan fingerprint density at radius 2 is 1.92 bits per heavy atom. The Bertz CT molecular complexity index is 806. The van der Waals surface area contributed by atoms with Crippen molar-refractivity contribution in [2.45, 2.75) is 6.42 Å². The van der Waals surface area contributed by atoms with Crippen LogP contribution in [0.25, 0.3) is 0 Å². The van der Waals surface area contributed by atoms with Crippen LogP contribution < -0.4 is 14.9 Å². The van der Waals surface area contributed by atoms with E-state index in [-0.39, 0.29) is 12.3 Å². The van der Waals surface area contributed by atoms with E-state index in [9.17, 15) is 9.59 Å². The molecule has 2 aromatic carbocycles. The Kier molecular flexibility index (Phi) is 7.16. The second-order valence-corrected chi connectivity index (χ2v) is 6.10. The van der Waals surface area contributed by atoms with Gasteiger partial charge in [-0.2, -0.15) is 5.10 Å². The summed E-state index contributed by atoms with van der Waals surface area (Å²) in [6.45, 7) is -0.462. The second kappa shape index (κ2) is 9.57. The zero-order valence-electron chi connectivity index (χ0n) is 13.9. The Labute approximate surface area is 158 Å². The number of rotatable bonds is 8. The summed E-state index contributed by atoms with van der Waals surface area (Å²) < 4.78 is 11.2. The van der Waals surface area contributed by atoms with E-state index in [0.29, 0.717) is 17.1 Å². The fraction of sp³-hybridized carbons (Fsp3) is 0.167. The summed E-state index contributed by atoms with van der Waals surface area (Å²) in [4.78, 5) is 22.4. The Balaban J connectivity index is 1.93. The smallest absolute Gasteiger partial charge is 0.341 e. The van der Waals surface area contributed by atoms with Crippen LogP contribution in [0.5, 0.6) is 11.5 Å². The van der Waals surface area contributed by atoms with Gasteiger partial charge in [0.2, 0.25) is 5.91 Å². The van der Waals surface area contributed by atoms with Gasteiger partial charge in [0.05, 0.1) is 19.7 Å². The lowest BCUT2D eigenvalue weighted by Crippen LogP contribution is -2.19. The van der Waals surface area contributed by atoms with Crippen molar-refractivity contribution < 1.29 is 24.2 Å². The molecule has 0 radical (unpaired) electrons. The monoisotopic (exact) mass is 420 g/mol. The van der Waals surface area contributed by atoms with Crippen molar-refractivity contribution >= 4 is 34.0 Å². The van der Waals surface area contributed by atoms with Crippen LogP contribution in [0.2, 0.25) is 0 Å². The number of nitrogens with zero attached hydrogens (tertiary/aromatic N) is 1. The highest BCUT2D eigenvalue weighted by Crippen LogP contribution is 2.27. The number of benzene rings is 2. The minimum absolute atomic E-state index is 0.218. The standard InChI is InChI=1S/C18H17BrN2O5/c1-25-16-8-13(4-7-15(16)26-11-18(23)24)10-20-21-17(22)9-12-2-5-14(19)6-3-12/h2-8,10H,9,11H2,1H3,(H,21,22)(H,23,24)/b20-10+. The van der Waals surface area contributed by atoms with Gasteiger partial charge in [-0.15, -0.1) is 0 Å². The summed E-state index contributed by atoms with van der Waals surface area (Å²) in [6, 6.07) is 12.3. The van der Waals surface area contributed by atoms with Gasteiger partial charge in [-0.05, 0) is 41.5 Å². The van der Waals surface area contributed by atoms with Crippen LogP contribution in [0.1, 0.15) is 11.1 Å². The molecule has 7 nitrogen and oxygen atoms in total. The Hall–Kier alpha value is -2.87. The fourth-order valence-electron chi connectivity index (χ4n) is 2.03. The molecule has 0 aliphatic rings. The molecule has 0 spiro atoms. The van der Waals surface area contributed by atoms with Crippen LogP contribution in [0, 0.1) is 0 Å². The summed E-state index contributed by atoms with van der Waals surface area (Å²) in [7, 11) is 1.45. The topological polar surface area (TPSA) is 97.2 Å². The van der Waals surface area contributed by atoms with Crippen LogP contribution in [0.15, 0.2) is 52.0 Å². The molecule has 1 amide bonds. The normalized spacial score (nSPS) is 10.5. The van der Waals surface area contributed by atoms with Crippen molar-refractivity contribution in [3.63, 3.8) is 0 Å². The van der Waals surface area contributed by atoms with Gasteiger partial charge in [0, 0.05) is 4.47 Å². The van der Waals surface area contributed by atoms with Gasteiger partial charge in [0.15, 0.2) is 18.1 Å².